The van der Waals surface area contributed by atoms with Gasteiger partial charge in [0.15, 0.2) is 0 Å². The molecule has 0 bridgehead atoms. The predicted molar refractivity (Wildman–Crippen MR) is 57.2 cm³/mol. The second-order valence-electron chi connectivity index (χ2n) is 3.34. The van der Waals surface area contributed by atoms with Gasteiger partial charge in [0.2, 0.25) is 0 Å². The van der Waals surface area contributed by atoms with E-state index in [1.165, 1.54) is 0 Å². The standard InChI is InChI=1S/C11H12N2O/c1-7-6-13-11(14)10-8(5-12)3-2-4-9(7)10/h2-4,6H,5,12H2,1H3,(H,13,14). The molecule has 1 aromatic carbocycles. The van der Waals surface area contributed by atoms with Crippen LogP contribution in [0.2, 0.25) is 0 Å². The Morgan fingerprint density at radius 2 is 2.21 bits per heavy atom. The molecular weight excluding hydrogens is 176 g/mol. The number of nitrogens with two attached hydrogens (primary N) is 1. The van der Waals surface area contributed by atoms with E-state index in [1.54, 1.807) is 6.20 Å². The summed E-state index contributed by atoms with van der Waals surface area (Å²) >= 11 is 0. The van der Waals surface area contributed by atoms with Crippen molar-refractivity contribution < 1.29 is 0 Å². The van der Waals surface area contributed by atoms with Crippen LogP contribution in [0.1, 0.15) is 11.1 Å². The normalized spacial score (nSPS) is 10.7. The maximum absolute atomic E-state index is 11.6. The first-order chi connectivity index (χ1) is 6.74. The van der Waals surface area contributed by atoms with Crippen molar-refractivity contribution in [1.82, 2.24) is 4.98 Å². The van der Waals surface area contributed by atoms with Gasteiger partial charge in [-0.05, 0) is 23.4 Å². The fourth-order valence-electron chi connectivity index (χ4n) is 1.69. The van der Waals surface area contributed by atoms with Crippen LogP contribution < -0.4 is 11.3 Å². The molecule has 0 spiro atoms. The number of aromatic amines is 1. The zero-order chi connectivity index (χ0) is 10.1. The highest BCUT2D eigenvalue weighted by atomic mass is 16.1. The molecule has 3 N–H and O–H groups in total. The molecule has 3 nitrogen and oxygen atoms in total. The number of hydrogen-bond acceptors (Lipinski definition) is 2. The van der Waals surface area contributed by atoms with E-state index in [-0.39, 0.29) is 5.56 Å². The molecule has 0 amide bonds. The van der Waals surface area contributed by atoms with Crippen molar-refractivity contribution >= 4 is 10.8 Å². The highest BCUT2D eigenvalue weighted by Crippen LogP contribution is 2.17. The van der Waals surface area contributed by atoms with Crippen LogP contribution in [0.5, 0.6) is 0 Å². The molecule has 3 heteroatoms. The van der Waals surface area contributed by atoms with Gasteiger partial charge in [0.1, 0.15) is 0 Å². The number of nitrogens with one attached hydrogen (secondary N) is 1. The summed E-state index contributed by atoms with van der Waals surface area (Å²) in [6.07, 6.45) is 1.73. The minimum absolute atomic E-state index is 0.0633. The van der Waals surface area contributed by atoms with Crippen LogP contribution in [-0.2, 0) is 6.54 Å². The lowest BCUT2D eigenvalue weighted by molar-refractivity contribution is 1.08. The zero-order valence-corrected chi connectivity index (χ0v) is 8.00. The van der Waals surface area contributed by atoms with Gasteiger partial charge in [0.25, 0.3) is 5.56 Å². The molecule has 0 aliphatic heterocycles. The van der Waals surface area contributed by atoms with Crippen molar-refractivity contribution in [3.05, 3.63) is 45.9 Å². The maximum Gasteiger partial charge on any atom is 0.256 e. The van der Waals surface area contributed by atoms with E-state index < -0.39 is 0 Å². The summed E-state index contributed by atoms with van der Waals surface area (Å²) < 4.78 is 0. The van der Waals surface area contributed by atoms with Gasteiger partial charge in [-0.1, -0.05) is 18.2 Å². The van der Waals surface area contributed by atoms with Gasteiger partial charge in [0.05, 0.1) is 5.39 Å². The van der Waals surface area contributed by atoms with Gasteiger partial charge in [0, 0.05) is 12.7 Å². The minimum atomic E-state index is -0.0633. The first-order valence-electron chi connectivity index (χ1n) is 4.54. The SMILES string of the molecule is Cc1c[nH]c(=O)c2c(CN)cccc12. The van der Waals surface area contributed by atoms with Crippen molar-refractivity contribution in [2.45, 2.75) is 13.5 Å². The van der Waals surface area contributed by atoms with E-state index in [0.29, 0.717) is 6.54 Å². The second-order valence-corrected chi connectivity index (χ2v) is 3.34. The Hall–Kier alpha value is -1.61. The van der Waals surface area contributed by atoms with E-state index in [9.17, 15) is 4.79 Å². The monoisotopic (exact) mass is 188 g/mol. The average molecular weight is 188 g/mol. The third-order valence-corrected chi connectivity index (χ3v) is 2.44. The number of fused-ring (bicyclic) bond motifs is 1. The van der Waals surface area contributed by atoms with Gasteiger partial charge in [-0.2, -0.15) is 0 Å². The Balaban J connectivity index is 2.99. The summed E-state index contributed by atoms with van der Waals surface area (Å²) in [4.78, 5) is 14.3. The Morgan fingerprint density at radius 3 is 2.93 bits per heavy atom. The highest BCUT2D eigenvalue weighted by Gasteiger charge is 2.04. The van der Waals surface area contributed by atoms with E-state index in [0.717, 1.165) is 21.9 Å². The Morgan fingerprint density at radius 1 is 1.43 bits per heavy atom. The predicted octanol–water partition coefficient (Wildman–Crippen LogP) is 1.30. The van der Waals surface area contributed by atoms with Crippen LogP contribution in [0.3, 0.4) is 0 Å². The van der Waals surface area contributed by atoms with Crippen LogP contribution in [0.25, 0.3) is 10.8 Å². The van der Waals surface area contributed by atoms with E-state index in [4.69, 9.17) is 5.73 Å². The molecule has 0 fully saturated rings. The molecule has 0 saturated carbocycles. The van der Waals surface area contributed by atoms with Crippen LogP contribution >= 0.6 is 0 Å². The lowest BCUT2D eigenvalue weighted by atomic mass is 10.0. The van der Waals surface area contributed by atoms with E-state index in [1.807, 2.05) is 25.1 Å². The van der Waals surface area contributed by atoms with E-state index >= 15 is 0 Å². The Bertz CT molecular complexity index is 528. The molecule has 1 heterocycles. The molecule has 14 heavy (non-hydrogen) atoms. The average Bonchev–Trinajstić information content (AvgIpc) is 2.23. The molecule has 2 aromatic rings. The molecule has 1 aromatic heterocycles. The van der Waals surface area contributed by atoms with Crippen LogP contribution in [0, 0.1) is 6.92 Å². The molecule has 2 rings (SSSR count). The van der Waals surface area contributed by atoms with Crippen LogP contribution in [-0.4, -0.2) is 4.98 Å². The summed E-state index contributed by atoms with van der Waals surface area (Å²) in [5.41, 5.74) is 7.48. The zero-order valence-electron chi connectivity index (χ0n) is 8.00. The number of H-pyrrole nitrogens is 1. The summed E-state index contributed by atoms with van der Waals surface area (Å²) in [5, 5.41) is 1.70. The van der Waals surface area contributed by atoms with Crippen LogP contribution in [0.15, 0.2) is 29.2 Å². The number of pyridine rings is 1. The van der Waals surface area contributed by atoms with Gasteiger partial charge >= 0.3 is 0 Å². The minimum Gasteiger partial charge on any atom is -0.328 e. The molecule has 72 valence electrons. The first kappa shape index (κ1) is 8.97. The fraction of sp³-hybridized carbons (Fsp3) is 0.182. The quantitative estimate of drug-likeness (QED) is 0.708. The first-order valence-corrected chi connectivity index (χ1v) is 4.54. The summed E-state index contributed by atoms with van der Waals surface area (Å²) in [7, 11) is 0. The van der Waals surface area contributed by atoms with Gasteiger partial charge in [-0.25, -0.2) is 0 Å². The molecule has 0 radical (unpaired) electrons. The number of aryl methyl sites for hydroxylation is 1. The number of hydrogen-bond donors (Lipinski definition) is 2. The number of aromatic nitrogens is 1. The summed E-state index contributed by atoms with van der Waals surface area (Å²) in [6, 6.07) is 5.76. The molecule has 0 aliphatic carbocycles. The lowest BCUT2D eigenvalue weighted by Crippen LogP contribution is -2.10. The molecule has 0 atom stereocenters. The van der Waals surface area contributed by atoms with Gasteiger partial charge in [-0.15, -0.1) is 0 Å². The van der Waals surface area contributed by atoms with Gasteiger partial charge < -0.3 is 10.7 Å². The number of rotatable bonds is 1. The summed E-state index contributed by atoms with van der Waals surface area (Å²) in [5.74, 6) is 0. The van der Waals surface area contributed by atoms with Crippen molar-refractivity contribution in [2.75, 3.05) is 0 Å². The number of benzene rings is 1. The van der Waals surface area contributed by atoms with E-state index in [2.05, 4.69) is 4.98 Å². The topological polar surface area (TPSA) is 58.9 Å². The third-order valence-electron chi connectivity index (χ3n) is 2.44. The highest BCUT2D eigenvalue weighted by molar-refractivity contribution is 5.87. The van der Waals surface area contributed by atoms with Crippen molar-refractivity contribution in [3.63, 3.8) is 0 Å². The second kappa shape index (κ2) is 3.27. The largest absolute Gasteiger partial charge is 0.328 e. The molecule has 0 unspecified atom stereocenters. The summed E-state index contributed by atoms with van der Waals surface area (Å²) in [6.45, 7) is 2.36. The Kier molecular flexibility index (Phi) is 2.09. The van der Waals surface area contributed by atoms with Crippen molar-refractivity contribution in [2.24, 2.45) is 5.73 Å². The fourth-order valence-corrected chi connectivity index (χ4v) is 1.69. The van der Waals surface area contributed by atoms with Crippen molar-refractivity contribution in [3.8, 4) is 0 Å². The lowest BCUT2D eigenvalue weighted by Gasteiger charge is -2.04. The Labute approximate surface area is 81.6 Å². The van der Waals surface area contributed by atoms with Crippen molar-refractivity contribution in [1.29, 1.82) is 0 Å². The maximum atomic E-state index is 11.6. The third kappa shape index (κ3) is 1.22. The molecular formula is C11H12N2O. The molecule has 0 aliphatic rings. The van der Waals surface area contributed by atoms with Crippen LogP contribution in [0.4, 0.5) is 0 Å². The smallest absolute Gasteiger partial charge is 0.256 e. The molecule has 0 saturated heterocycles. The van der Waals surface area contributed by atoms with Gasteiger partial charge in [-0.3, -0.25) is 4.79 Å².